The topological polar surface area (TPSA) is 66.4 Å². The Morgan fingerprint density at radius 1 is 1.07 bits per heavy atom. The van der Waals surface area contributed by atoms with Crippen molar-refractivity contribution in [2.45, 2.75) is 57.9 Å². The second-order valence-electron chi connectivity index (χ2n) is 8.80. The van der Waals surface area contributed by atoms with E-state index in [4.69, 9.17) is 4.98 Å². The number of likely N-dealkylation sites (tertiary alicyclic amines) is 1. The Labute approximate surface area is 160 Å². The number of carbonyl (C=O) groups is 2. The van der Waals surface area contributed by atoms with Gasteiger partial charge in [-0.3, -0.25) is 9.59 Å². The third-order valence-electron chi connectivity index (χ3n) is 7.20. The highest BCUT2D eigenvalue weighted by molar-refractivity contribution is 5.82. The molecule has 6 heteroatoms. The molecule has 2 aliphatic carbocycles. The first-order valence-corrected chi connectivity index (χ1v) is 10.5. The van der Waals surface area contributed by atoms with Gasteiger partial charge in [0.05, 0.1) is 5.69 Å². The molecule has 4 aliphatic rings. The van der Waals surface area contributed by atoms with E-state index in [1.54, 1.807) is 6.92 Å². The van der Waals surface area contributed by atoms with Gasteiger partial charge in [-0.25, -0.2) is 9.97 Å². The molecule has 2 aliphatic heterocycles. The lowest BCUT2D eigenvalue weighted by Crippen LogP contribution is -2.35. The minimum Gasteiger partial charge on any atom is -0.342 e. The highest BCUT2D eigenvalue weighted by atomic mass is 16.2. The molecule has 1 aromatic heterocycles. The van der Waals surface area contributed by atoms with Gasteiger partial charge < -0.3 is 9.80 Å². The Kier molecular flexibility index (Phi) is 4.17. The minimum absolute atomic E-state index is 0.107. The summed E-state index contributed by atoms with van der Waals surface area (Å²) >= 11 is 0. The van der Waals surface area contributed by atoms with Crippen molar-refractivity contribution in [1.29, 1.82) is 0 Å². The van der Waals surface area contributed by atoms with Crippen molar-refractivity contribution in [3.63, 3.8) is 0 Å². The standard InChI is InChI=1S/C21H28N4O2/c1-13(26)24-9-7-18-15(12-24)10-22-20(23-18)14-6-8-25(11-14)21(27)19-16-4-2-3-5-17(16)19/h10,14,16-17,19H,2-9,11-12H2,1H3/t14-,16+,17+/m1/s1. The molecule has 0 N–H and O–H groups in total. The summed E-state index contributed by atoms with van der Waals surface area (Å²) in [6.07, 6.45) is 8.77. The molecule has 2 amide bonds. The molecule has 0 bridgehead atoms. The van der Waals surface area contributed by atoms with Gasteiger partial charge in [0.25, 0.3) is 0 Å². The monoisotopic (exact) mass is 368 g/mol. The molecule has 3 fully saturated rings. The Bertz CT molecular complexity index is 767. The molecule has 0 unspecified atom stereocenters. The Morgan fingerprint density at radius 2 is 1.85 bits per heavy atom. The van der Waals surface area contributed by atoms with E-state index in [1.807, 2.05) is 11.1 Å². The van der Waals surface area contributed by atoms with Gasteiger partial charge in [-0.05, 0) is 31.1 Å². The van der Waals surface area contributed by atoms with Crippen LogP contribution in [-0.2, 0) is 22.6 Å². The molecule has 2 saturated carbocycles. The molecule has 0 radical (unpaired) electrons. The number of hydrogen-bond donors (Lipinski definition) is 0. The smallest absolute Gasteiger partial charge is 0.226 e. The lowest BCUT2D eigenvalue weighted by Gasteiger charge is -2.27. The number of carbonyl (C=O) groups excluding carboxylic acids is 2. The molecule has 27 heavy (non-hydrogen) atoms. The molecule has 3 heterocycles. The van der Waals surface area contributed by atoms with Crippen molar-refractivity contribution in [3.8, 4) is 0 Å². The number of nitrogens with zero attached hydrogens (tertiary/aromatic N) is 4. The van der Waals surface area contributed by atoms with Gasteiger partial charge in [0.1, 0.15) is 5.82 Å². The average molecular weight is 368 g/mol. The van der Waals surface area contributed by atoms with Crippen LogP contribution in [0.4, 0.5) is 0 Å². The van der Waals surface area contributed by atoms with Crippen LogP contribution < -0.4 is 0 Å². The zero-order valence-corrected chi connectivity index (χ0v) is 16.1. The maximum atomic E-state index is 12.9. The fourth-order valence-electron chi connectivity index (χ4n) is 5.54. The van der Waals surface area contributed by atoms with Crippen LogP contribution in [0.15, 0.2) is 6.20 Å². The number of amides is 2. The Balaban J connectivity index is 1.24. The van der Waals surface area contributed by atoms with Gasteiger partial charge in [-0.1, -0.05) is 12.8 Å². The van der Waals surface area contributed by atoms with E-state index >= 15 is 0 Å². The van der Waals surface area contributed by atoms with Gasteiger partial charge in [0, 0.05) is 63.1 Å². The normalized spacial score (nSPS) is 32.0. The molecular formula is C21H28N4O2. The van der Waals surface area contributed by atoms with Crippen LogP contribution in [0.25, 0.3) is 0 Å². The molecule has 6 nitrogen and oxygen atoms in total. The lowest BCUT2D eigenvalue weighted by molar-refractivity contribution is -0.132. The van der Waals surface area contributed by atoms with Crippen LogP contribution in [0.3, 0.4) is 0 Å². The second-order valence-corrected chi connectivity index (χ2v) is 8.80. The van der Waals surface area contributed by atoms with Gasteiger partial charge in [0.15, 0.2) is 0 Å². The van der Waals surface area contributed by atoms with E-state index in [2.05, 4.69) is 9.88 Å². The molecular weight excluding hydrogens is 340 g/mol. The molecule has 0 aromatic carbocycles. The summed E-state index contributed by atoms with van der Waals surface area (Å²) < 4.78 is 0. The van der Waals surface area contributed by atoms with E-state index in [9.17, 15) is 9.59 Å². The van der Waals surface area contributed by atoms with E-state index < -0.39 is 0 Å². The van der Waals surface area contributed by atoms with Crippen LogP contribution in [0, 0.1) is 17.8 Å². The maximum absolute atomic E-state index is 12.9. The number of aromatic nitrogens is 2. The second kappa shape index (κ2) is 6.57. The van der Waals surface area contributed by atoms with Crippen molar-refractivity contribution in [2.24, 2.45) is 17.8 Å². The summed E-state index contributed by atoms with van der Waals surface area (Å²) in [5, 5.41) is 0. The molecule has 3 atom stereocenters. The number of rotatable bonds is 2. The fourth-order valence-corrected chi connectivity index (χ4v) is 5.54. The molecule has 1 saturated heterocycles. The third-order valence-corrected chi connectivity index (χ3v) is 7.20. The zero-order chi connectivity index (χ0) is 18.5. The van der Waals surface area contributed by atoms with E-state index in [1.165, 1.54) is 25.7 Å². The van der Waals surface area contributed by atoms with Crippen molar-refractivity contribution in [1.82, 2.24) is 19.8 Å². The van der Waals surface area contributed by atoms with E-state index in [0.29, 0.717) is 30.2 Å². The predicted molar refractivity (Wildman–Crippen MR) is 99.7 cm³/mol. The Hall–Kier alpha value is -1.98. The van der Waals surface area contributed by atoms with Crippen molar-refractivity contribution in [2.75, 3.05) is 19.6 Å². The highest BCUT2D eigenvalue weighted by Gasteiger charge is 2.56. The van der Waals surface area contributed by atoms with Gasteiger partial charge in [0.2, 0.25) is 11.8 Å². The third kappa shape index (κ3) is 3.03. The van der Waals surface area contributed by atoms with Gasteiger partial charge >= 0.3 is 0 Å². The van der Waals surface area contributed by atoms with E-state index in [-0.39, 0.29) is 11.8 Å². The SMILES string of the molecule is CC(=O)N1CCc2nc([C@@H]3CCN(C(=O)C4[C@H]5CCCC[C@H]45)C3)ncc2C1. The summed E-state index contributed by atoms with van der Waals surface area (Å²) in [6, 6.07) is 0. The van der Waals surface area contributed by atoms with Crippen molar-refractivity contribution >= 4 is 11.8 Å². The van der Waals surface area contributed by atoms with Crippen LogP contribution in [0.5, 0.6) is 0 Å². The van der Waals surface area contributed by atoms with Gasteiger partial charge in [-0.15, -0.1) is 0 Å². The largest absolute Gasteiger partial charge is 0.342 e. The highest BCUT2D eigenvalue weighted by Crippen LogP contribution is 2.56. The minimum atomic E-state index is 0.107. The summed E-state index contributed by atoms with van der Waals surface area (Å²) in [5.41, 5.74) is 2.14. The summed E-state index contributed by atoms with van der Waals surface area (Å²) in [7, 11) is 0. The van der Waals surface area contributed by atoms with Crippen molar-refractivity contribution < 1.29 is 9.59 Å². The number of fused-ring (bicyclic) bond motifs is 2. The quantitative estimate of drug-likeness (QED) is 0.802. The number of hydrogen-bond acceptors (Lipinski definition) is 4. The average Bonchev–Trinajstić information content (AvgIpc) is 3.21. The van der Waals surface area contributed by atoms with E-state index in [0.717, 1.165) is 49.6 Å². The molecule has 5 rings (SSSR count). The predicted octanol–water partition coefficient (Wildman–Crippen LogP) is 2.13. The summed E-state index contributed by atoms with van der Waals surface area (Å²) in [5.74, 6) is 3.30. The van der Waals surface area contributed by atoms with Gasteiger partial charge in [-0.2, -0.15) is 0 Å². The van der Waals surface area contributed by atoms with Crippen LogP contribution in [-0.4, -0.2) is 51.2 Å². The maximum Gasteiger partial charge on any atom is 0.226 e. The lowest BCUT2D eigenvalue weighted by atomic mass is 10.0. The first kappa shape index (κ1) is 17.1. The molecule has 144 valence electrons. The first-order valence-electron chi connectivity index (χ1n) is 10.5. The summed E-state index contributed by atoms with van der Waals surface area (Å²) in [4.78, 5) is 37.9. The van der Waals surface area contributed by atoms with Crippen LogP contribution in [0.2, 0.25) is 0 Å². The fraction of sp³-hybridized carbons (Fsp3) is 0.714. The first-order chi connectivity index (χ1) is 13.1. The Morgan fingerprint density at radius 3 is 2.59 bits per heavy atom. The summed E-state index contributed by atoms with van der Waals surface area (Å²) in [6.45, 7) is 4.58. The van der Waals surface area contributed by atoms with Crippen molar-refractivity contribution in [3.05, 3.63) is 23.3 Å². The molecule has 0 spiro atoms. The van der Waals surface area contributed by atoms with Crippen LogP contribution in [0.1, 0.15) is 62.0 Å². The molecule has 1 aromatic rings. The zero-order valence-electron chi connectivity index (χ0n) is 16.1. The van der Waals surface area contributed by atoms with Crippen LogP contribution >= 0.6 is 0 Å².